The Bertz CT molecular complexity index is 324. The zero-order valence-electron chi connectivity index (χ0n) is 8.89. The van der Waals surface area contributed by atoms with Crippen molar-refractivity contribution in [3.8, 4) is 0 Å². The molecule has 0 atom stereocenters. The highest BCUT2D eigenvalue weighted by molar-refractivity contribution is 6.31. The number of hydrogen-bond donors (Lipinski definition) is 0. The van der Waals surface area contributed by atoms with Crippen LogP contribution in [0.3, 0.4) is 0 Å². The smallest absolute Gasteiger partial charge is 0.0443 e. The normalized spacial score (nSPS) is 18.6. The Morgan fingerprint density at radius 3 is 2.43 bits per heavy atom. The Morgan fingerprint density at radius 1 is 1.29 bits per heavy atom. The van der Waals surface area contributed by atoms with E-state index in [-0.39, 0.29) is 0 Å². The predicted molar refractivity (Wildman–Crippen MR) is 61.8 cm³/mol. The van der Waals surface area contributed by atoms with E-state index in [9.17, 15) is 0 Å². The molecule has 0 spiro atoms. The fraction of sp³-hybridized carbons (Fsp3) is 0.538. The average molecular weight is 209 g/mol. The lowest BCUT2D eigenvalue weighted by Crippen LogP contribution is -2.10. The molecule has 0 amide bonds. The summed E-state index contributed by atoms with van der Waals surface area (Å²) in [5.41, 5.74) is 1.79. The molecule has 0 radical (unpaired) electrons. The van der Waals surface area contributed by atoms with E-state index in [1.807, 2.05) is 12.1 Å². The molecular weight excluding hydrogens is 192 g/mol. The van der Waals surface area contributed by atoms with Crippen molar-refractivity contribution < 1.29 is 0 Å². The van der Waals surface area contributed by atoms with E-state index in [4.69, 9.17) is 11.6 Å². The number of rotatable bonds is 3. The molecule has 1 heteroatoms. The Labute approximate surface area is 91.3 Å². The van der Waals surface area contributed by atoms with Crippen molar-refractivity contribution in [3.63, 3.8) is 0 Å². The molecule has 1 aromatic carbocycles. The van der Waals surface area contributed by atoms with Gasteiger partial charge in [-0.3, -0.25) is 0 Å². The van der Waals surface area contributed by atoms with Crippen molar-refractivity contribution in [1.82, 2.24) is 0 Å². The van der Waals surface area contributed by atoms with Crippen molar-refractivity contribution in [3.05, 3.63) is 34.9 Å². The van der Waals surface area contributed by atoms with Crippen LogP contribution >= 0.6 is 11.6 Å². The van der Waals surface area contributed by atoms with E-state index in [0.29, 0.717) is 5.41 Å². The second kappa shape index (κ2) is 3.58. The van der Waals surface area contributed by atoms with Crippen molar-refractivity contribution in [2.75, 3.05) is 0 Å². The van der Waals surface area contributed by atoms with Crippen molar-refractivity contribution in [1.29, 1.82) is 0 Å². The summed E-state index contributed by atoms with van der Waals surface area (Å²) in [6.07, 6.45) is 3.90. The first kappa shape index (κ1) is 10.0. The van der Waals surface area contributed by atoms with Gasteiger partial charge in [0.2, 0.25) is 0 Å². The Balaban J connectivity index is 2.26. The van der Waals surface area contributed by atoms with Crippen LogP contribution in [0.1, 0.15) is 38.7 Å². The first-order chi connectivity index (χ1) is 6.64. The highest BCUT2D eigenvalue weighted by atomic mass is 35.5. The first-order valence-electron chi connectivity index (χ1n) is 5.39. The van der Waals surface area contributed by atoms with Crippen LogP contribution in [0.5, 0.6) is 0 Å². The third-order valence-electron chi connectivity index (χ3n) is 3.10. The molecule has 0 N–H and O–H groups in total. The minimum absolute atomic E-state index is 0.423. The van der Waals surface area contributed by atoms with Gasteiger partial charge in [0.15, 0.2) is 0 Å². The molecular formula is C13H17Cl. The van der Waals surface area contributed by atoms with Crippen LogP contribution in [0.25, 0.3) is 0 Å². The molecule has 76 valence electrons. The molecule has 1 saturated carbocycles. The summed E-state index contributed by atoms with van der Waals surface area (Å²) in [7, 11) is 0. The second-order valence-electron chi connectivity index (χ2n) is 4.86. The standard InChI is InChI=1S/C13H17Cl/c1-10(2)9-13(7-8-13)11-5-3-4-6-12(11)14/h3-6,10H,7-9H2,1-2H3. The highest BCUT2D eigenvalue weighted by Crippen LogP contribution is 2.54. The summed E-state index contributed by atoms with van der Waals surface area (Å²) in [5.74, 6) is 0.758. The summed E-state index contributed by atoms with van der Waals surface area (Å²) >= 11 is 6.23. The number of hydrogen-bond acceptors (Lipinski definition) is 0. The molecule has 0 bridgehead atoms. The largest absolute Gasteiger partial charge is 0.0840 e. The van der Waals surface area contributed by atoms with Gasteiger partial charge in [-0.15, -0.1) is 0 Å². The topological polar surface area (TPSA) is 0 Å². The molecule has 0 heterocycles. The molecule has 1 aliphatic rings. The van der Waals surface area contributed by atoms with Gasteiger partial charge in [-0.25, -0.2) is 0 Å². The quantitative estimate of drug-likeness (QED) is 0.690. The van der Waals surface area contributed by atoms with Crippen molar-refractivity contribution in [2.24, 2.45) is 5.92 Å². The molecule has 1 fully saturated rings. The van der Waals surface area contributed by atoms with E-state index in [0.717, 1.165) is 10.9 Å². The van der Waals surface area contributed by atoms with Crippen LogP contribution in [0.2, 0.25) is 5.02 Å². The van der Waals surface area contributed by atoms with E-state index in [1.165, 1.54) is 24.8 Å². The van der Waals surface area contributed by atoms with Crippen LogP contribution in [0, 0.1) is 5.92 Å². The van der Waals surface area contributed by atoms with Crippen molar-refractivity contribution >= 4 is 11.6 Å². The van der Waals surface area contributed by atoms with Crippen LogP contribution in [0.4, 0.5) is 0 Å². The molecule has 1 aliphatic carbocycles. The van der Waals surface area contributed by atoms with Gasteiger partial charge in [0.25, 0.3) is 0 Å². The first-order valence-corrected chi connectivity index (χ1v) is 5.77. The SMILES string of the molecule is CC(C)CC1(c2ccccc2Cl)CC1. The van der Waals surface area contributed by atoms with Gasteiger partial charge in [-0.2, -0.15) is 0 Å². The Hall–Kier alpha value is -0.490. The Morgan fingerprint density at radius 2 is 1.93 bits per heavy atom. The summed E-state index contributed by atoms with van der Waals surface area (Å²) in [5, 5.41) is 0.950. The zero-order chi connectivity index (χ0) is 10.2. The van der Waals surface area contributed by atoms with E-state index < -0.39 is 0 Å². The molecule has 1 aromatic rings. The third-order valence-corrected chi connectivity index (χ3v) is 3.43. The van der Waals surface area contributed by atoms with Gasteiger partial charge in [0.1, 0.15) is 0 Å². The molecule has 14 heavy (non-hydrogen) atoms. The second-order valence-corrected chi connectivity index (χ2v) is 5.27. The van der Waals surface area contributed by atoms with E-state index in [2.05, 4.69) is 26.0 Å². The lowest BCUT2D eigenvalue weighted by atomic mass is 9.87. The summed E-state index contributed by atoms with van der Waals surface area (Å²) < 4.78 is 0. The molecule has 0 saturated heterocycles. The van der Waals surface area contributed by atoms with Crippen LogP contribution < -0.4 is 0 Å². The van der Waals surface area contributed by atoms with Crippen LogP contribution in [-0.4, -0.2) is 0 Å². The maximum atomic E-state index is 6.23. The van der Waals surface area contributed by atoms with Gasteiger partial charge in [-0.05, 0) is 42.2 Å². The number of halogens is 1. The highest BCUT2D eigenvalue weighted by Gasteiger charge is 2.45. The Kier molecular flexibility index (Phi) is 2.57. The van der Waals surface area contributed by atoms with Crippen LogP contribution in [-0.2, 0) is 5.41 Å². The third kappa shape index (κ3) is 1.81. The maximum Gasteiger partial charge on any atom is 0.0443 e. The molecule has 2 rings (SSSR count). The van der Waals surface area contributed by atoms with Crippen molar-refractivity contribution in [2.45, 2.75) is 38.5 Å². The molecule has 0 nitrogen and oxygen atoms in total. The van der Waals surface area contributed by atoms with Gasteiger partial charge in [0.05, 0.1) is 0 Å². The fourth-order valence-electron chi connectivity index (χ4n) is 2.41. The minimum atomic E-state index is 0.423. The molecule has 0 aromatic heterocycles. The van der Waals surface area contributed by atoms with Gasteiger partial charge < -0.3 is 0 Å². The molecule has 0 aliphatic heterocycles. The van der Waals surface area contributed by atoms with Crippen LogP contribution in [0.15, 0.2) is 24.3 Å². The monoisotopic (exact) mass is 208 g/mol. The van der Waals surface area contributed by atoms with Gasteiger partial charge in [-0.1, -0.05) is 43.6 Å². The lowest BCUT2D eigenvalue weighted by molar-refractivity contribution is 0.487. The predicted octanol–water partition coefficient (Wildman–Crippen LogP) is 4.42. The minimum Gasteiger partial charge on any atom is -0.0840 e. The zero-order valence-corrected chi connectivity index (χ0v) is 9.64. The van der Waals surface area contributed by atoms with E-state index >= 15 is 0 Å². The maximum absolute atomic E-state index is 6.23. The van der Waals surface area contributed by atoms with Gasteiger partial charge >= 0.3 is 0 Å². The molecule has 0 unspecified atom stereocenters. The van der Waals surface area contributed by atoms with E-state index in [1.54, 1.807) is 0 Å². The fourth-order valence-corrected chi connectivity index (χ4v) is 2.74. The summed E-state index contributed by atoms with van der Waals surface area (Å²) in [4.78, 5) is 0. The average Bonchev–Trinajstić information content (AvgIpc) is 2.85. The lowest BCUT2D eigenvalue weighted by Gasteiger charge is -2.19. The number of benzene rings is 1. The summed E-state index contributed by atoms with van der Waals surface area (Å²) in [6.45, 7) is 4.58. The van der Waals surface area contributed by atoms with Gasteiger partial charge in [0, 0.05) is 5.02 Å². The summed E-state index contributed by atoms with van der Waals surface area (Å²) in [6, 6.07) is 8.31.